The van der Waals surface area contributed by atoms with Gasteiger partial charge in [0.15, 0.2) is 0 Å². The highest BCUT2D eigenvalue weighted by molar-refractivity contribution is 6.92. The van der Waals surface area contributed by atoms with Crippen LogP contribution in [0.1, 0.15) is 0 Å². The molecule has 8 heteroatoms. The maximum Gasteiger partial charge on any atom is 0.329 e. The third-order valence-electron chi connectivity index (χ3n) is 7.56. The van der Waals surface area contributed by atoms with Gasteiger partial charge >= 0.3 is 6.85 Å². The Morgan fingerprint density at radius 1 is 0.676 bits per heavy atom. The summed E-state index contributed by atoms with van der Waals surface area (Å²) < 4.78 is 0. The molecule has 0 bridgehead atoms. The van der Waals surface area contributed by atoms with Crippen molar-refractivity contribution in [1.29, 1.82) is 0 Å². The average Bonchev–Trinajstić information content (AvgIpc) is 3.65. The van der Waals surface area contributed by atoms with E-state index in [1.54, 1.807) is 17.2 Å². The molecule has 0 amide bonds. The molecular formula is C29H22BN7. The maximum absolute atomic E-state index is 4.43. The fraction of sp³-hybridized carbons (Fsp3) is 0.0690. The Hall–Kier alpha value is -4.85. The van der Waals surface area contributed by atoms with Crippen molar-refractivity contribution in [3.05, 3.63) is 97.3 Å². The summed E-state index contributed by atoms with van der Waals surface area (Å²) in [5.41, 5.74) is 12.0. The van der Waals surface area contributed by atoms with Crippen LogP contribution in [0.15, 0.2) is 102 Å². The van der Waals surface area contributed by atoms with Crippen molar-refractivity contribution >= 4 is 41.2 Å². The quantitative estimate of drug-likeness (QED) is 0.361. The second-order valence-electron chi connectivity index (χ2n) is 9.67. The van der Waals surface area contributed by atoms with Gasteiger partial charge in [-0.05, 0) is 46.3 Å². The summed E-state index contributed by atoms with van der Waals surface area (Å²) in [6.07, 6.45) is 5.33. The van der Waals surface area contributed by atoms with Gasteiger partial charge in [-0.2, -0.15) is 20.1 Å². The normalized spacial score (nSPS) is 14.7. The van der Waals surface area contributed by atoms with Crippen molar-refractivity contribution in [3.63, 3.8) is 0 Å². The minimum Gasteiger partial charge on any atom is -0.376 e. The van der Waals surface area contributed by atoms with Gasteiger partial charge in [0.25, 0.3) is 0 Å². The first-order valence-electron chi connectivity index (χ1n) is 12.4. The first-order chi connectivity index (χ1) is 18.3. The lowest BCUT2D eigenvalue weighted by molar-refractivity contribution is 0.393. The molecule has 0 spiro atoms. The summed E-state index contributed by atoms with van der Waals surface area (Å²) in [6, 6.07) is 30.9. The van der Waals surface area contributed by atoms with Gasteiger partial charge < -0.3 is 9.71 Å². The summed E-state index contributed by atoms with van der Waals surface area (Å²) >= 11 is 0. The molecule has 0 N–H and O–H groups in total. The highest BCUT2D eigenvalue weighted by atomic mass is 15.6. The maximum atomic E-state index is 4.43. The third kappa shape index (κ3) is 2.92. The van der Waals surface area contributed by atoms with Gasteiger partial charge in [-0.1, -0.05) is 60.7 Å². The Morgan fingerprint density at radius 2 is 1.27 bits per heavy atom. The van der Waals surface area contributed by atoms with Crippen LogP contribution in [0.25, 0.3) is 27.9 Å². The number of rotatable bonds is 2. The van der Waals surface area contributed by atoms with E-state index in [9.17, 15) is 0 Å². The van der Waals surface area contributed by atoms with E-state index < -0.39 is 0 Å². The van der Waals surface area contributed by atoms with Gasteiger partial charge in [-0.15, -0.1) is 0 Å². The van der Waals surface area contributed by atoms with Crippen LogP contribution in [0.3, 0.4) is 0 Å². The molecule has 0 fully saturated rings. The summed E-state index contributed by atoms with van der Waals surface area (Å²) in [5.74, 6) is 0. The SMILES string of the molecule is CN1CN(c2ccc3c(c2)N2B(c4ccccc4-3)c3ccccc3-c3ccc(-n4nccn4)cc32)C=N1. The van der Waals surface area contributed by atoms with E-state index in [0.29, 0.717) is 0 Å². The van der Waals surface area contributed by atoms with E-state index in [4.69, 9.17) is 0 Å². The first kappa shape index (κ1) is 20.4. The molecule has 37 heavy (non-hydrogen) atoms. The number of hydrazone groups is 1. The molecular weight excluding hydrogens is 457 g/mol. The van der Waals surface area contributed by atoms with Gasteiger partial charge in [0.2, 0.25) is 0 Å². The second-order valence-corrected chi connectivity index (χ2v) is 9.67. The van der Waals surface area contributed by atoms with Crippen LogP contribution in [0.4, 0.5) is 17.1 Å². The Kier molecular flexibility index (Phi) is 4.17. The van der Waals surface area contributed by atoms with E-state index in [1.807, 2.05) is 18.4 Å². The lowest BCUT2D eigenvalue weighted by atomic mass is 9.43. The van der Waals surface area contributed by atoms with Crippen molar-refractivity contribution in [3.8, 4) is 27.9 Å². The highest BCUT2D eigenvalue weighted by Crippen LogP contribution is 2.47. The zero-order chi connectivity index (χ0) is 24.5. The fourth-order valence-electron chi connectivity index (χ4n) is 5.95. The summed E-state index contributed by atoms with van der Waals surface area (Å²) in [5, 5.41) is 15.2. The third-order valence-corrected chi connectivity index (χ3v) is 7.56. The van der Waals surface area contributed by atoms with Gasteiger partial charge in [0.05, 0.1) is 18.1 Å². The Morgan fingerprint density at radius 3 is 1.89 bits per heavy atom. The summed E-state index contributed by atoms with van der Waals surface area (Å²) in [7, 11) is 1.99. The number of anilines is 3. The Bertz CT molecular complexity index is 1710. The lowest BCUT2D eigenvalue weighted by Gasteiger charge is -2.43. The monoisotopic (exact) mass is 479 g/mol. The zero-order valence-electron chi connectivity index (χ0n) is 20.2. The van der Waals surface area contributed by atoms with Crippen LogP contribution in [-0.2, 0) is 0 Å². The van der Waals surface area contributed by atoms with Crippen molar-refractivity contribution in [1.82, 2.24) is 20.0 Å². The number of benzene rings is 4. The van der Waals surface area contributed by atoms with Crippen LogP contribution in [0.2, 0.25) is 0 Å². The number of aromatic nitrogens is 3. The van der Waals surface area contributed by atoms with E-state index in [2.05, 4.69) is 110 Å². The topological polar surface area (TPSA) is 52.8 Å². The number of fused-ring (bicyclic) bond motifs is 11. The molecule has 0 atom stereocenters. The van der Waals surface area contributed by atoms with Crippen LogP contribution in [0.5, 0.6) is 0 Å². The minimum absolute atomic E-state index is 0.0541. The van der Waals surface area contributed by atoms with Gasteiger partial charge in [0.1, 0.15) is 13.0 Å². The molecule has 4 heterocycles. The second kappa shape index (κ2) is 7.57. The number of hydrogen-bond acceptors (Lipinski definition) is 6. The van der Waals surface area contributed by atoms with Crippen molar-refractivity contribution in [2.45, 2.75) is 0 Å². The molecule has 176 valence electrons. The fourth-order valence-corrected chi connectivity index (χ4v) is 5.95. The molecule has 8 rings (SSSR count). The van der Waals surface area contributed by atoms with Gasteiger partial charge in [-0.3, -0.25) is 5.01 Å². The van der Waals surface area contributed by atoms with Crippen LogP contribution >= 0.6 is 0 Å². The minimum atomic E-state index is 0.0541. The zero-order valence-corrected chi connectivity index (χ0v) is 20.2. The van der Waals surface area contributed by atoms with Crippen molar-refractivity contribution in [2.24, 2.45) is 5.10 Å². The smallest absolute Gasteiger partial charge is 0.329 e. The largest absolute Gasteiger partial charge is 0.376 e. The molecule has 4 aromatic carbocycles. The molecule has 7 nitrogen and oxygen atoms in total. The van der Waals surface area contributed by atoms with E-state index in [-0.39, 0.29) is 6.85 Å². The standard InChI is InChI=1S/C29H22BN7/c1-34-19-35(18-33-34)20-10-12-24-22-6-2-4-8-26(22)30-27-9-5-3-7-23(27)25-13-11-21(37-31-14-15-32-37)17-29(25)36(30)28(24)16-20/h2-18H,19H2,1H3. The van der Waals surface area contributed by atoms with E-state index in [0.717, 1.165) is 23.7 Å². The van der Waals surface area contributed by atoms with Crippen LogP contribution < -0.4 is 20.6 Å². The van der Waals surface area contributed by atoms with E-state index in [1.165, 1.54) is 38.9 Å². The molecule has 1 aromatic heterocycles. The van der Waals surface area contributed by atoms with Crippen molar-refractivity contribution in [2.75, 3.05) is 23.4 Å². The molecule has 5 aromatic rings. The summed E-state index contributed by atoms with van der Waals surface area (Å²) in [4.78, 5) is 6.36. The first-order valence-corrected chi connectivity index (χ1v) is 12.4. The van der Waals surface area contributed by atoms with Crippen LogP contribution in [0, 0.1) is 0 Å². The Labute approximate surface area is 215 Å². The predicted octanol–water partition coefficient (Wildman–Crippen LogP) is 3.82. The van der Waals surface area contributed by atoms with Crippen molar-refractivity contribution < 1.29 is 0 Å². The molecule has 0 saturated carbocycles. The van der Waals surface area contributed by atoms with Gasteiger partial charge in [0, 0.05) is 35.2 Å². The highest BCUT2D eigenvalue weighted by Gasteiger charge is 2.42. The van der Waals surface area contributed by atoms with Gasteiger partial charge in [-0.25, -0.2) is 0 Å². The molecule has 3 aliphatic rings. The average molecular weight is 479 g/mol. The molecule has 0 unspecified atom stereocenters. The lowest BCUT2D eigenvalue weighted by Crippen LogP contribution is -2.59. The molecule has 0 saturated heterocycles. The number of nitrogens with zero attached hydrogens (tertiary/aromatic N) is 7. The predicted molar refractivity (Wildman–Crippen MR) is 149 cm³/mol. The molecule has 0 aliphatic carbocycles. The van der Waals surface area contributed by atoms with E-state index >= 15 is 0 Å². The van der Waals surface area contributed by atoms with Crippen LogP contribution in [-0.4, -0.2) is 46.9 Å². The number of hydrogen-bond donors (Lipinski definition) is 0. The molecule has 3 aliphatic heterocycles. The summed E-state index contributed by atoms with van der Waals surface area (Å²) in [6.45, 7) is 0.784. The molecule has 0 radical (unpaired) electrons. The Balaban J connectivity index is 1.42.